The molecule has 0 radical (unpaired) electrons. The molecule has 2 N–H and O–H groups in total. The average molecular weight is 354 g/mol. The molecule has 0 spiro atoms. The van der Waals surface area contributed by atoms with Crippen molar-refractivity contribution in [1.29, 1.82) is 0 Å². The maximum absolute atomic E-state index is 12.8. The van der Waals surface area contributed by atoms with Crippen LogP contribution in [0, 0.1) is 0 Å². The predicted molar refractivity (Wildman–Crippen MR) is 88.5 cm³/mol. The zero-order chi connectivity index (χ0) is 16.2. The molecule has 0 amide bonds. The Bertz CT molecular complexity index is 568. The molecule has 0 aliphatic heterocycles. The van der Waals surface area contributed by atoms with E-state index >= 15 is 0 Å². The van der Waals surface area contributed by atoms with Crippen LogP contribution in [-0.4, -0.2) is 51.4 Å². The molecule has 21 heavy (non-hydrogen) atoms. The quantitative estimate of drug-likeness (QED) is 0.764. The molecule has 1 aromatic rings. The van der Waals surface area contributed by atoms with Crippen LogP contribution in [0.25, 0.3) is 0 Å². The van der Waals surface area contributed by atoms with Crippen molar-refractivity contribution in [2.45, 2.75) is 18.2 Å². The largest absolute Gasteiger partial charge is 0.398 e. The summed E-state index contributed by atoms with van der Waals surface area (Å²) >= 11 is 11.9. The van der Waals surface area contributed by atoms with E-state index in [1.165, 1.54) is 16.4 Å². The SMILES string of the molecule is CCCN(CCN(C)C)S(=O)(=O)c1c(N)cc(Cl)cc1Cl. The molecule has 0 unspecified atom stereocenters. The first-order valence-electron chi connectivity index (χ1n) is 6.59. The number of benzene rings is 1. The molecule has 0 aliphatic carbocycles. The normalized spacial score (nSPS) is 12.3. The van der Waals surface area contributed by atoms with Crippen molar-refractivity contribution in [2.24, 2.45) is 0 Å². The molecule has 8 heteroatoms. The van der Waals surface area contributed by atoms with Crippen LogP contribution < -0.4 is 5.73 Å². The molecule has 0 aliphatic rings. The lowest BCUT2D eigenvalue weighted by atomic mass is 10.3. The Morgan fingerprint density at radius 1 is 1.14 bits per heavy atom. The second-order valence-electron chi connectivity index (χ2n) is 5.01. The highest BCUT2D eigenvalue weighted by Crippen LogP contribution is 2.33. The van der Waals surface area contributed by atoms with Gasteiger partial charge in [0.25, 0.3) is 0 Å². The second-order valence-corrected chi connectivity index (χ2v) is 7.73. The lowest BCUT2D eigenvalue weighted by Gasteiger charge is -2.24. The van der Waals surface area contributed by atoms with E-state index in [-0.39, 0.29) is 15.6 Å². The van der Waals surface area contributed by atoms with Crippen LogP contribution in [0.2, 0.25) is 10.0 Å². The van der Waals surface area contributed by atoms with Gasteiger partial charge in [-0.2, -0.15) is 4.31 Å². The third kappa shape index (κ3) is 4.72. The Hall–Kier alpha value is -0.530. The van der Waals surface area contributed by atoms with Crippen LogP contribution in [0.15, 0.2) is 17.0 Å². The maximum atomic E-state index is 12.8. The van der Waals surface area contributed by atoms with Crippen LogP contribution in [0.3, 0.4) is 0 Å². The molecule has 1 aromatic carbocycles. The summed E-state index contributed by atoms with van der Waals surface area (Å²) in [7, 11) is 0.0326. The summed E-state index contributed by atoms with van der Waals surface area (Å²) in [5, 5.41) is 0.359. The summed E-state index contributed by atoms with van der Waals surface area (Å²) in [6.07, 6.45) is 0.706. The average Bonchev–Trinajstić information content (AvgIpc) is 2.32. The van der Waals surface area contributed by atoms with Gasteiger partial charge < -0.3 is 10.6 Å². The van der Waals surface area contributed by atoms with Crippen LogP contribution in [-0.2, 0) is 10.0 Å². The van der Waals surface area contributed by atoms with Gasteiger partial charge in [0.1, 0.15) is 4.90 Å². The Morgan fingerprint density at radius 2 is 1.76 bits per heavy atom. The Kier molecular flexibility index (Phi) is 6.74. The lowest BCUT2D eigenvalue weighted by molar-refractivity contribution is 0.333. The maximum Gasteiger partial charge on any atom is 0.246 e. The van der Waals surface area contributed by atoms with Gasteiger partial charge in [-0.1, -0.05) is 30.1 Å². The van der Waals surface area contributed by atoms with E-state index in [4.69, 9.17) is 28.9 Å². The van der Waals surface area contributed by atoms with Crippen LogP contribution in [0.5, 0.6) is 0 Å². The Labute approximate surface area is 136 Å². The van der Waals surface area contributed by atoms with Gasteiger partial charge in [-0.25, -0.2) is 8.42 Å². The Morgan fingerprint density at radius 3 is 2.24 bits per heavy atom. The lowest BCUT2D eigenvalue weighted by Crippen LogP contribution is -2.37. The highest BCUT2D eigenvalue weighted by Gasteiger charge is 2.28. The molecule has 0 saturated heterocycles. The fraction of sp³-hybridized carbons (Fsp3) is 0.538. The molecule has 120 valence electrons. The zero-order valence-corrected chi connectivity index (χ0v) is 14.8. The predicted octanol–water partition coefficient (Wildman–Crippen LogP) is 2.54. The number of anilines is 1. The van der Waals surface area contributed by atoms with E-state index in [0.29, 0.717) is 31.1 Å². The van der Waals surface area contributed by atoms with Crippen molar-refractivity contribution in [3.05, 3.63) is 22.2 Å². The smallest absolute Gasteiger partial charge is 0.246 e. The number of halogens is 2. The van der Waals surface area contributed by atoms with Crippen LogP contribution in [0.1, 0.15) is 13.3 Å². The number of nitrogens with zero attached hydrogens (tertiary/aromatic N) is 2. The van der Waals surface area contributed by atoms with E-state index in [9.17, 15) is 8.42 Å². The number of likely N-dealkylation sites (N-methyl/N-ethyl adjacent to an activating group) is 1. The molecule has 0 fully saturated rings. The van der Waals surface area contributed by atoms with Gasteiger partial charge in [0.2, 0.25) is 10.0 Å². The zero-order valence-electron chi connectivity index (χ0n) is 12.4. The van der Waals surface area contributed by atoms with Gasteiger partial charge >= 0.3 is 0 Å². The third-order valence-corrected chi connectivity index (χ3v) is 5.55. The van der Waals surface area contributed by atoms with E-state index < -0.39 is 10.0 Å². The van der Waals surface area contributed by atoms with Crippen LogP contribution in [0.4, 0.5) is 5.69 Å². The van der Waals surface area contributed by atoms with Gasteiger partial charge in [0.05, 0.1) is 10.7 Å². The van der Waals surface area contributed by atoms with Crippen molar-refractivity contribution in [3.63, 3.8) is 0 Å². The van der Waals surface area contributed by atoms with Gasteiger partial charge in [-0.05, 0) is 32.6 Å². The van der Waals surface area contributed by atoms with Gasteiger partial charge in [-0.3, -0.25) is 0 Å². The van der Waals surface area contributed by atoms with Crippen molar-refractivity contribution in [3.8, 4) is 0 Å². The van der Waals surface area contributed by atoms with E-state index in [0.717, 1.165) is 0 Å². The molecule has 5 nitrogen and oxygen atoms in total. The molecule has 1 rings (SSSR count). The molecule has 0 aromatic heterocycles. The number of hydrogen-bond donors (Lipinski definition) is 1. The number of hydrogen-bond acceptors (Lipinski definition) is 4. The van der Waals surface area contributed by atoms with Crippen molar-refractivity contribution < 1.29 is 8.42 Å². The molecule has 0 saturated carbocycles. The number of nitrogens with two attached hydrogens (primary N) is 1. The van der Waals surface area contributed by atoms with Gasteiger partial charge in [-0.15, -0.1) is 0 Å². The van der Waals surface area contributed by atoms with Crippen molar-refractivity contribution >= 4 is 38.9 Å². The minimum Gasteiger partial charge on any atom is -0.398 e. The molecule has 0 bridgehead atoms. The van der Waals surface area contributed by atoms with Crippen LogP contribution >= 0.6 is 23.2 Å². The summed E-state index contributed by atoms with van der Waals surface area (Å²) < 4.78 is 27.0. The summed E-state index contributed by atoms with van der Waals surface area (Å²) in [6.45, 7) is 3.32. The first kappa shape index (κ1) is 18.5. The fourth-order valence-corrected chi connectivity index (χ4v) is 4.36. The summed E-state index contributed by atoms with van der Waals surface area (Å²) in [6, 6.07) is 2.79. The standard InChI is InChI=1S/C13H21Cl2N3O2S/c1-4-5-18(7-6-17(2)3)21(19,20)13-11(15)8-10(14)9-12(13)16/h8-9H,4-7,16H2,1-3H3. The molecule has 0 heterocycles. The minimum atomic E-state index is -3.75. The molecular weight excluding hydrogens is 333 g/mol. The second kappa shape index (κ2) is 7.65. The fourth-order valence-electron chi connectivity index (χ4n) is 1.89. The first-order valence-corrected chi connectivity index (χ1v) is 8.79. The highest BCUT2D eigenvalue weighted by atomic mass is 35.5. The van der Waals surface area contributed by atoms with Gasteiger partial charge in [0, 0.05) is 24.7 Å². The van der Waals surface area contributed by atoms with E-state index in [1.807, 2.05) is 25.9 Å². The number of sulfonamides is 1. The van der Waals surface area contributed by atoms with E-state index in [2.05, 4.69) is 0 Å². The van der Waals surface area contributed by atoms with E-state index in [1.54, 1.807) is 0 Å². The van der Waals surface area contributed by atoms with Crippen molar-refractivity contribution in [1.82, 2.24) is 9.21 Å². The van der Waals surface area contributed by atoms with Gasteiger partial charge in [0.15, 0.2) is 0 Å². The summed E-state index contributed by atoms with van der Waals surface area (Å²) in [5.41, 5.74) is 5.88. The third-order valence-electron chi connectivity index (χ3n) is 2.90. The monoisotopic (exact) mass is 353 g/mol. The highest BCUT2D eigenvalue weighted by molar-refractivity contribution is 7.89. The molecule has 0 atom stereocenters. The Balaban J connectivity index is 3.23. The molecular formula is C13H21Cl2N3O2S. The summed E-state index contributed by atoms with van der Waals surface area (Å²) in [5.74, 6) is 0. The first-order chi connectivity index (χ1) is 9.70. The number of rotatable bonds is 7. The number of nitrogen functional groups attached to an aromatic ring is 1. The van der Waals surface area contributed by atoms with Crippen molar-refractivity contribution in [2.75, 3.05) is 39.5 Å². The topological polar surface area (TPSA) is 66.6 Å². The summed E-state index contributed by atoms with van der Waals surface area (Å²) in [4.78, 5) is 1.85. The minimum absolute atomic E-state index is 0.0472.